The van der Waals surface area contributed by atoms with Crippen LogP contribution in [-0.4, -0.2) is 34.9 Å². The fourth-order valence-corrected chi connectivity index (χ4v) is 4.99. The molecule has 8 heteroatoms. The normalized spacial score (nSPS) is 14.1. The van der Waals surface area contributed by atoms with Gasteiger partial charge in [-0.15, -0.1) is 11.8 Å². The number of carbonyl (C=O) groups excluding carboxylic acids is 2. The van der Waals surface area contributed by atoms with Crippen molar-refractivity contribution in [1.82, 2.24) is 4.90 Å². The van der Waals surface area contributed by atoms with Gasteiger partial charge in [0.15, 0.2) is 0 Å². The van der Waals surface area contributed by atoms with E-state index >= 15 is 0 Å². The average molecular weight is 484 g/mol. The Kier molecular flexibility index (Phi) is 7.55. The van der Waals surface area contributed by atoms with Crippen molar-refractivity contribution < 1.29 is 18.7 Å². The molecule has 4 nitrogen and oxygen atoms in total. The number of halogens is 3. The van der Waals surface area contributed by atoms with E-state index < -0.39 is 16.7 Å². The van der Waals surface area contributed by atoms with Gasteiger partial charge in [0, 0.05) is 23.7 Å². The number of benzene rings is 2. The average Bonchev–Trinajstić information content (AvgIpc) is 2.88. The van der Waals surface area contributed by atoms with Gasteiger partial charge in [0.25, 0.3) is 5.24 Å². The van der Waals surface area contributed by atoms with Gasteiger partial charge in [-0.1, -0.05) is 23.7 Å². The lowest BCUT2D eigenvalue weighted by Crippen LogP contribution is -2.38. The van der Waals surface area contributed by atoms with Crippen LogP contribution in [0.2, 0.25) is 5.02 Å². The van der Waals surface area contributed by atoms with Crippen LogP contribution in [0.25, 0.3) is 0 Å². The van der Waals surface area contributed by atoms with Crippen molar-refractivity contribution in [1.29, 1.82) is 0 Å². The van der Waals surface area contributed by atoms with Crippen molar-refractivity contribution >= 4 is 46.3 Å². The Balaban J connectivity index is 1.76. The zero-order valence-corrected chi connectivity index (χ0v) is 20.0. The Labute approximate surface area is 196 Å². The summed E-state index contributed by atoms with van der Waals surface area (Å²) in [5.41, 5.74) is 2.30. The summed E-state index contributed by atoms with van der Waals surface area (Å²) in [6, 6.07) is 8.27. The van der Waals surface area contributed by atoms with Crippen LogP contribution in [0.3, 0.4) is 0 Å². The highest BCUT2D eigenvalue weighted by molar-refractivity contribution is 7.98. The van der Waals surface area contributed by atoms with E-state index in [9.17, 15) is 14.0 Å². The monoisotopic (exact) mass is 483 g/mol. The van der Waals surface area contributed by atoms with Gasteiger partial charge in [-0.3, -0.25) is 4.79 Å². The largest absolute Gasteiger partial charge is 0.444 e. The molecule has 166 valence electrons. The summed E-state index contributed by atoms with van der Waals surface area (Å²) in [6.07, 6.45) is 1.05. The molecule has 0 spiro atoms. The number of nitrogens with zero attached hydrogens (tertiary/aromatic N) is 1. The van der Waals surface area contributed by atoms with Crippen molar-refractivity contribution in [2.75, 3.05) is 13.1 Å². The third-order valence-corrected chi connectivity index (χ3v) is 6.74. The van der Waals surface area contributed by atoms with E-state index in [0.717, 1.165) is 21.6 Å². The molecular weight excluding hydrogens is 460 g/mol. The number of ether oxygens (including phenoxy) is 1. The minimum Gasteiger partial charge on any atom is -0.444 e. The molecule has 1 amide bonds. The highest BCUT2D eigenvalue weighted by atomic mass is 35.5. The van der Waals surface area contributed by atoms with Crippen LogP contribution < -0.4 is 0 Å². The molecule has 0 aromatic heterocycles. The molecule has 0 atom stereocenters. The van der Waals surface area contributed by atoms with Crippen molar-refractivity contribution in [3.8, 4) is 0 Å². The molecule has 0 N–H and O–H groups in total. The first-order valence-corrected chi connectivity index (χ1v) is 11.7. The van der Waals surface area contributed by atoms with Crippen molar-refractivity contribution in [2.24, 2.45) is 0 Å². The van der Waals surface area contributed by atoms with Crippen molar-refractivity contribution in [2.45, 2.75) is 49.9 Å². The maximum atomic E-state index is 14.1. The molecule has 0 saturated heterocycles. The van der Waals surface area contributed by atoms with E-state index in [2.05, 4.69) is 0 Å². The Hall–Kier alpha value is -1.76. The third-order valence-electron chi connectivity index (χ3n) is 4.87. The van der Waals surface area contributed by atoms with Gasteiger partial charge in [-0.05, 0) is 80.1 Å². The molecule has 2 aromatic carbocycles. The van der Waals surface area contributed by atoms with Crippen LogP contribution in [0.4, 0.5) is 9.18 Å². The van der Waals surface area contributed by atoms with Gasteiger partial charge in [0.05, 0.1) is 10.6 Å². The maximum absolute atomic E-state index is 14.1. The molecule has 0 aliphatic carbocycles. The fraction of sp³-hybridized carbons (Fsp3) is 0.391. The molecule has 1 heterocycles. The number of thioether (sulfide) groups is 1. The number of rotatable bonds is 4. The zero-order valence-electron chi connectivity index (χ0n) is 17.6. The van der Waals surface area contributed by atoms with E-state index in [1.165, 1.54) is 23.9 Å². The molecule has 2 aromatic rings. The van der Waals surface area contributed by atoms with Gasteiger partial charge in [-0.25, -0.2) is 9.18 Å². The smallest absolute Gasteiger partial charge is 0.410 e. The Bertz CT molecular complexity index is 1010. The highest BCUT2D eigenvalue weighted by Crippen LogP contribution is 2.37. The van der Waals surface area contributed by atoms with Crippen LogP contribution >= 0.6 is 35.0 Å². The van der Waals surface area contributed by atoms with Crippen LogP contribution in [0, 0.1) is 5.82 Å². The molecular formula is C23H24Cl2FNO3S. The number of amides is 1. The van der Waals surface area contributed by atoms with Crippen molar-refractivity contribution in [3.63, 3.8) is 0 Å². The van der Waals surface area contributed by atoms with Crippen molar-refractivity contribution in [3.05, 3.63) is 63.4 Å². The summed E-state index contributed by atoms with van der Waals surface area (Å²) < 4.78 is 19.6. The van der Waals surface area contributed by atoms with E-state index in [1.807, 2.05) is 32.9 Å². The first-order valence-electron chi connectivity index (χ1n) is 9.94. The number of carbonyl (C=O) groups is 2. The summed E-state index contributed by atoms with van der Waals surface area (Å²) >= 11 is 13.4. The number of fused-ring (bicyclic) bond motifs is 1. The lowest BCUT2D eigenvalue weighted by Gasteiger charge is -2.26. The summed E-state index contributed by atoms with van der Waals surface area (Å²) in [5, 5.41) is -0.190. The molecule has 3 rings (SSSR count). The van der Waals surface area contributed by atoms with Crippen LogP contribution in [0.1, 0.15) is 47.8 Å². The Morgan fingerprint density at radius 3 is 2.52 bits per heavy atom. The zero-order chi connectivity index (χ0) is 22.8. The SMILES string of the molecule is CC(C)(C)OC(=O)N1CCc2ccc(Cl)c(SCc3ccc(C(=O)Cl)c(F)c3)c2CC1. The van der Waals surface area contributed by atoms with Gasteiger partial charge in [0.1, 0.15) is 11.4 Å². The Morgan fingerprint density at radius 1 is 1.16 bits per heavy atom. The molecule has 0 bridgehead atoms. The van der Waals surface area contributed by atoms with Gasteiger partial charge >= 0.3 is 6.09 Å². The fourth-order valence-electron chi connectivity index (χ4n) is 3.39. The highest BCUT2D eigenvalue weighted by Gasteiger charge is 2.25. The van der Waals surface area contributed by atoms with Crippen LogP contribution in [0.5, 0.6) is 0 Å². The van der Waals surface area contributed by atoms with Crippen LogP contribution in [0.15, 0.2) is 35.2 Å². The topological polar surface area (TPSA) is 46.6 Å². The van der Waals surface area contributed by atoms with E-state index in [1.54, 1.807) is 11.0 Å². The molecule has 0 radical (unpaired) electrons. The lowest BCUT2D eigenvalue weighted by molar-refractivity contribution is 0.0258. The molecule has 1 aliphatic rings. The second kappa shape index (κ2) is 9.80. The van der Waals surface area contributed by atoms with Gasteiger partial charge in [-0.2, -0.15) is 0 Å². The third kappa shape index (κ3) is 6.15. The predicted octanol–water partition coefficient (Wildman–Crippen LogP) is 6.49. The summed E-state index contributed by atoms with van der Waals surface area (Å²) in [6.45, 7) is 6.67. The van der Waals surface area contributed by atoms with E-state index in [4.69, 9.17) is 27.9 Å². The maximum Gasteiger partial charge on any atom is 0.410 e. The summed E-state index contributed by atoms with van der Waals surface area (Å²) in [5.74, 6) is -0.149. The molecule has 0 fully saturated rings. The summed E-state index contributed by atoms with van der Waals surface area (Å²) in [7, 11) is 0. The first kappa shape index (κ1) is 23.9. The Morgan fingerprint density at radius 2 is 1.87 bits per heavy atom. The van der Waals surface area contributed by atoms with E-state index in [0.29, 0.717) is 36.7 Å². The lowest BCUT2D eigenvalue weighted by atomic mass is 10.0. The second-order valence-electron chi connectivity index (χ2n) is 8.36. The van der Waals surface area contributed by atoms with E-state index in [-0.39, 0.29) is 11.7 Å². The quantitative estimate of drug-likeness (QED) is 0.368. The predicted molar refractivity (Wildman–Crippen MR) is 123 cm³/mol. The number of hydrogen-bond donors (Lipinski definition) is 0. The molecule has 1 aliphatic heterocycles. The molecule has 0 saturated carbocycles. The van der Waals surface area contributed by atoms with Gasteiger partial charge in [0.2, 0.25) is 0 Å². The van der Waals surface area contributed by atoms with Crippen LogP contribution in [-0.2, 0) is 23.3 Å². The standard InChI is InChI=1S/C23H24Cl2FNO3S/c1-23(2,3)30-22(29)27-10-8-15-5-7-18(24)20(16(15)9-11-27)31-13-14-4-6-17(21(25)28)19(26)12-14/h4-7,12H,8-11,13H2,1-3H3. The minimum atomic E-state index is -0.817. The first-order chi connectivity index (χ1) is 14.5. The van der Waals surface area contributed by atoms with Gasteiger partial charge < -0.3 is 9.64 Å². The molecule has 31 heavy (non-hydrogen) atoms. The second-order valence-corrected chi connectivity index (χ2v) is 10.1. The number of hydrogen-bond acceptors (Lipinski definition) is 4. The molecule has 0 unspecified atom stereocenters. The minimum absolute atomic E-state index is 0.135. The summed E-state index contributed by atoms with van der Waals surface area (Å²) in [4.78, 5) is 26.4.